The molecule has 0 bridgehead atoms. The van der Waals surface area contributed by atoms with E-state index < -0.39 is 10.0 Å². The fourth-order valence-corrected chi connectivity index (χ4v) is 5.21. The van der Waals surface area contributed by atoms with E-state index in [0.29, 0.717) is 10.9 Å². The lowest BCUT2D eigenvalue weighted by Crippen LogP contribution is -2.27. The molecule has 0 aliphatic rings. The summed E-state index contributed by atoms with van der Waals surface area (Å²) in [6.07, 6.45) is 0.00370. The molecule has 0 unspecified atom stereocenters. The zero-order valence-corrected chi connectivity index (χ0v) is 17.9. The second-order valence-electron chi connectivity index (χ2n) is 5.99. The summed E-state index contributed by atoms with van der Waals surface area (Å²) in [5.74, 6) is 1.27. The molecule has 10 heteroatoms. The fourth-order valence-electron chi connectivity index (χ4n) is 2.36. The molecule has 1 amide bonds. The molecule has 2 aromatic carbocycles. The number of nitrogens with zero attached hydrogens (tertiary/aromatic N) is 2. The van der Waals surface area contributed by atoms with Gasteiger partial charge in [0.15, 0.2) is 0 Å². The Bertz CT molecular complexity index is 1030. The van der Waals surface area contributed by atoms with Crippen LogP contribution >= 0.6 is 23.1 Å². The van der Waals surface area contributed by atoms with Crippen molar-refractivity contribution in [2.75, 3.05) is 11.9 Å². The quantitative estimate of drug-likeness (QED) is 0.494. The Morgan fingerprint density at radius 3 is 2.38 bits per heavy atom. The number of aromatic nitrogens is 2. The van der Waals surface area contributed by atoms with Crippen LogP contribution in [0.1, 0.15) is 17.0 Å². The van der Waals surface area contributed by atoms with Crippen molar-refractivity contribution in [3.05, 3.63) is 71.2 Å². The first-order chi connectivity index (χ1) is 14.0. The van der Waals surface area contributed by atoms with Crippen LogP contribution in [0.2, 0.25) is 0 Å². The van der Waals surface area contributed by atoms with E-state index in [-0.39, 0.29) is 23.8 Å². The molecule has 0 fully saturated rings. The number of carbonyl (C=O) groups excluding carboxylic acids is 1. The van der Waals surface area contributed by atoms with Crippen LogP contribution in [-0.4, -0.2) is 31.1 Å². The van der Waals surface area contributed by atoms with Crippen LogP contribution in [0.15, 0.2) is 65.6 Å². The minimum Gasteiger partial charge on any atom is -0.300 e. The molecule has 0 aliphatic heterocycles. The van der Waals surface area contributed by atoms with Crippen molar-refractivity contribution in [2.24, 2.45) is 0 Å². The third-order valence-corrected chi connectivity index (χ3v) is 7.26. The van der Waals surface area contributed by atoms with E-state index in [9.17, 15) is 13.2 Å². The number of nitrogens with one attached hydrogen (secondary N) is 2. The molecule has 0 saturated carbocycles. The van der Waals surface area contributed by atoms with Gasteiger partial charge in [-0.1, -0.05) is 59.9 Å². The van der Waals surface area contributed by atoms with Gasteiger partial charge >= 0.3 is 0 Å². The maximum absolute atomic E-state index is 12.1. The lowest BCUT2D eigenvalue weighted by atomic mass is 10.2. The number of thioether (sulfide) groups is 1. The standard InChI is InChI=1S/C19H20N4O3S3/c24-17(11-12-20-29(25,26)16-9-5-2-6-10-16)21-19-23-22-18(28-19)14-27-13-15-7-3-1-4-8-15/h1-10,20H,11-14H2,(H,21,23,24). The topological polar surface area (TPSA) is 101 Å². The second kappa shape index (κ2) is 10.5. The smallest absolute Gasteiger partial charge is 0.240 e. The van der Waals surface area contributed by atoms with Crippen LogP contribution in [0.4, 0.5) is 5.13 Å². The van der Waals surface area contributed by atoms with Gasteiger partial charge in [-0.3, -0.25) is 4.79 Å². The second-order valence-corrected chi connectivity index (χ2v) is 9.80. The Hall–Kier alpha value is -2.27. The molecule has 0 radical (unpaired) electrons. The summed E-state index contributed by atoms with van der Waals surface area (Å²) in [5, 5.41) is 11.9. The largest absolute Gasteiger partial charge is 0.300 e. The van der Waals surface area contributed by atoms with Crippen LogP contribution in [0.25, 0.3) is 0 Å². The van der Waals surface area contributed by atoms with E-state index in [1.807, 2.05) is 18.2 Å². The van der Waals surface area contributed by atoms with Crippen LogP contribution in [0, 0.1) is 0 Å². The van der Waals surface area contributed by atoms with Crippen molar-refractivity contribution in [2.45, 2.75) is 22.8 Å². The van der Waals surface area contributed by atoms with Crippen LogP contribution < -0.4 is 10.0 Å². The first kappa shape index (κ1) is 21.4. The molecule has 0 spiro atoms. The summed E-state index contributed by atoms with van der Waals surface area (Å²) in [4.78, 5) is 12.2. The van der Waals surface area contributed by atoms with Crippen molar-refractivity contribution in [1.82, 2.24) is 14.9 Å². The number of anilines is 1. The van der Waals surface area contributed by atoms with Gasteiger partial charge in [0, 0.05) is 24.5 Å². The van der Waals surface area contributed by atoms with E-state index in [4.69, 9.17) is 0 Å². The Morgan fingerprint density at radius 1 is 0.966 bits per heavy atom. The Kier molecular flexibility index (Phi) is 7.76. The van der Waals surface area contributed by atoms with Gasteiger partial charge in [-0.15, -0.1) is 22.0 Å². The molecule has 0 aliphatic carbocycles. The first-order valence-corrected chi connectivity index (χ1v) is 12.3. The molecule has 1 heterocycles. The Labute approximate surface area is 178 Å². The monoisotopic (exact) mass is 448 g/mol. The highest BCUT2D eigenvalue weighted by molar-refractivity contribution is 7.97. The molecular weight excluding hydrogens is 428 g/mol. The first-order valence-electron chi connectivity index (χ1n) is 8.81. The highest BCUT2D eigenvalue weighted by Gasteiger charge is 2.14. The molecule has 29 heavy (non-hydrogen) atoms. The third kappa shape index (κ3) is 6.93. The van der Waals surface area contributed by atoms with Crippen molar-refractivity contribution in [3.8, 4) is 0 Å². The van der Waals surface area contributed by atoms with Gasteiger partial charge in [0.25, 0.3) is 0 Å². The minimum atomic E-state index is -3.62. The van der Waals surface area contributed by atoms with Gasteiger partial charge in [-0.25, -0.2) is 13.1 Å². The van der Waals surface area contributed by atoms with E-state index in [1.165, 1.54) is 29.0 Å². The molecule has 152 valence electrons. The fraction of sp³-hybridized carbons (Fsp3) is 0.211. The van der Waals surface area contributed by atoms with Crippen molar-refractivity contribution < 1.29 is 13.2 Å². The summed E-state index contributed by atoms with van der Waals surface area (Å²) >= 11 is 3.04. The van der Waals surface area contributed by atoms with E-state index >= 15 is 0 Å². The number of benzene rings is 2. The molecule has 7 nitrogen and oxygen atoms in total. The maximum atomic E-state index is 12.1. The number of rotatable bonds is 10. The van der Waals surface area contributed by atoms with Gasteiger partial charge < -0.3 is 5.32 Å². The molecule has 1 aromatic heterocycles. The van der Waals surface area contributed by atoms with E-state index in [2.05, 4.69) is 32.4 Å². The number of sulfonamides is 1. The summed E-state index contributed by atoms with van der Waals surface area (Å²) < 4.78 is 26.6. The van der Waals surface area contributed by atoms with Crippen molar-refractivity contribution in [1.29, 1.82) is 0 Å². The van der Waals surface area contributed by atoms with Crippen molar-refractivity contribution in [3.63, 3.8) is 0 Å². The molecule has 3 aromatic rings. The van der Waals surface area contributed by atoms with Gasteiger partial charge in [0.05, 0.1) is 4.90 Å². The highest BCUT2D eigenvalue weighted by atomic mass is 32.2. The molecule has 0 atom stereocenters. The van der Waals surface area contributed by atoms with Gasteiger partial charge in [-0.2, -0.15) is 0 Å². The number of hydrogen-bond acceptors (Lipinski definition) is 7. The predicted molar refractivity (Wildman–Crippen MR) is 116 cm³/mol. The Balaban J connectivity index is 1.39. The SMILES string of the molecule is O=C(CCNS(=O)(=O)c1ccccc1)Nc1nnc(CSCc2ccccc2)s1. The van der Waals surface area contributed by atoms with E-state index in [0.717, 1.165) is 10.8 Å². The normalized spacial score (nSPS) is 11.3. The highest BCUT2D eigenvalue weighted by Crippen LogP contribution is 2.22. The van der Waals surface area contributed by atoms with Crippen LogP contribution in [-0.2, 0) is 26.3 Å². The zero-order valence-electron chi connectivity index (χ0n) is 15.4. The van der Waals surface area contributed by atoms with Gasteiger partial charge in [0.2, 0.25) is 21.1 Å². The predicted octanol–water partition coefficient (Wildman–Crippen LogP) is 3.28. The van der Waals surface area contributed by atoms with E-state index in [1.54, 1.807) is 30.0 Å². The molecule has 0 saturated heterocycles. The molecular formula is C19H20N4O3S3. The van der Waals surface area contributed by atoms with Gasteiger partial charge in [0.1, 0.15) is 5.01 Å². The van der Waals surface area contributed by atoms with Crippen LogP contribution in [0.5, 0.6) is 0 Å². The molecule has 2 N–H and O–H groups in total. The van der Waals surface area contributed by atoms with Crippen LogP contribution in [0.3, 0.4) is 0 Å². The lowest BCUT2D eigenvalue weighted by molar-refractivity contribution is -0.116. The van der Waals surface area contributed by atoms with Crippen molar-refractivity contribution >= 4 is 44.2 Å². The van der Waals surface area contributed by atoms with Gasteiger partial charge in [-0.05, 0) is 17.7 Å². The average Bonchev–Trinajstić information content (AvgIpc) is 3.16. The molecule has 3 rings (SSSR count). The Morgan fingerprint density at radius 2 is 1.66 bits per heavy atom. The lowest BCUT2D eigenvalue weighted by Gasteiger charge is -2.06. The minimum absolute atomic E-state index is 0.00164. The summed E-state index contributed by atoms with van der Waals surface area (Å²) in [7, 11) is -3.62. The maximum Gasteiger partial charge on any atom is 0.240 e. The number of carbonyl (C=O) groups is 1. The number of amides is 1. The average molecular weight is 449 g/mol. The zero-order chi connectivity index (χ0) is 20.5. The third-order valence-electron chi connectivity index (χ3n) is 3.75. The number of hydrogen-bond donors (Lipinski definition) is 2. The summed E-state index contributed by atoms with van der Waals surface area (Å²) in [6.45, 7) is 0.00164. The summed E-state index contributed by atoms with van der Waals surface area (Å²) in [6, 6.07) is 18.2. The summed E-state index contributed by atoms with van der Waals surface area (Å²) in [5.41, 5.74) is 1.24.